The summed E-state index contributed by atoms with van der Waals surface area (Å²) in [5, 5.41) is 7.75. The first kappa shape index (κ1) is 8.82. The van der Waals surface area contributed by atoms with Crippen LogP contribution in [-0.2, 0) is 0 Å². The zero-order chi connectivity index (χ0) is 8.93. The highest BCUT2D eigenvalue weighted by Gasteiger charge is 2.08. The minimum Gasteiger partial charge on any atom is -0.384 e. The number of hydrogen-bond donors (Lipinski definition) is 1. The van der Waals surface area contributed by atoms with E-state index >= 15 is 0 Å². The normalized spacial score (nSPS) is 21.7. The summed E-state index contributed by atoms with van der Waals surface area (Å²) in [6, 6.07) is 2.14. The minimum absolute atomic E-state index is 0.838. The molecular formula is C11H15NS. The Kier molecular flexibility index (Phi) is 3.03. The highest BCUT2D eigenvalue weighted by Crippen LogP contribution is 2.19. The molecule has 0 radical (unpaired) electrons. The molecule has 13 heavy (non-hydrogen) atoms. The van der Waals surface area contributed by atoms with E-state index < -0.39 is 0 Å². The number of rotatable bonds is 3. The Morgan fingerprint density at radius 1 is 1.46 bits per heavy atom. The Morgan fingerprint density at radius 3 is 3.15 bits per heavy atom. The van der Waals surface area contributed by atoms with Crippen LogP contribution in [0.4, 0.5) is 5.69 Å². The van der Waals surface area contributed by atoms with E-state index in [0.29, 0.717) is 0 Å². The molecule has 0 fully saturated rings. The zero-order valence-electron chi connectivity index (χ0n) is 7.70. The van der Waals surface area contributed by atoms with Gasteiger partial charge in [-0.25, -0.2) is 0 Å². The van der Waals surface area contributed by atoms with Crippen LogP contribution in [0.2, 0.25) is 0 Å². The summed E-state index contributed by atoms with van der Waals surface area (Å²) < 4.78 is 0. The fraction of sp³-hybridized carbons (Fsp3) is 0.455. The topological polar surface area (TPSA) is 12.0 Å². The van der Waals surface area contributed by atoms with Crippen LogP contribution in [0.5, 0.6) is 0 Å². The summed E-state index contributed by atoms with van der Waals surface area (Å²) >= 11 is 1.75. The smallest absolute Gasteiger partial charge is 0.0448 e. The molecule has 0 saturated heterocycles. The van der Waals surface area contributed by atoms with Crippen molar-refractivity contribution in [1.29, 1.82) is 0 Å². The molecule has 1 aliphatic carbocycles. The molecule has 1 aromatic rings. The monoisotopic (exact) mass is 193 g/mol. The van der Waals surface area contributed by atoms with Gasteiger partial charge in [-0.1, -0.05) is 12.2 Å². The van der Waals surface area contributed by atoms with Crippen molar-refractivity contribution < 1.29 is 0 Å². The summed E-state index contributed by atoms with van der Waals surface area (Å²) in [5.41, 5.74) is 1.28. The van der Waals surface area contributed by atoms with Crippen LogP contribution in [-0.4, -0.2) is 6.54 Å². The third-order valence-corrected chi connectivity index (χ3v) is 3.18. The van der Waals surface area contributed by atoms with Gasteiger partial charge in [0.15, 0.2) is 0 Å². The van der Waals surface area contributed by atoms with Crippen LogP contribution in [0, 0.1) is 5.92 Å². The Labute approximate surface area is 83.5 Å². The average Bonchev–Trinajstić information content (AvgIpc) is 2.69. The highest BCUT2D eigenvalue weighted by atomic mass is 32.1. The second kappa shape index (κ2) is 4.47. The number of thiophene rings is 1. The van der Waals surface area contributed by atoms with Gasteiger partial charge in [-0.15, -0.1) is 0 Å². The Balaban J connectivity index is 1.76. The van der Waals surface area contributed by atoms with Crippen LogP contribution >= 0.6 is 11.3 Å². The minimum atomic E-state index is 0.838. The second-order valence-electron chi connectivity index (χ2n) is 3.54. The van der Waals surface area contributed by atoms with Crippen LogP contribution in [0.15, 0.2) is 29.0 Å². The maximum Gasteiger partial charge on any atom is 0.0448 e. The van der Waals surface area contributed by atoms with E-state index in [1.807, 2.05) is 0 Å². The lowest BCUT2D eigenvalue weighted by atomic mass is 9.94. The molecule has 1 heterocycles. The van der Waals surface area contributed by atoms with E-state index in [-0.39, 0.29) is 0 Å². The molecule has 0 saturated carbocycles. The molecule has 2 heteroatoms. The van der Waals surface area contributed by atoms with Gasteiger partial charge in [-0.3, -0.25) is 0 Å². The van der Waals surface area contributed by atoms with Crippen LogP contribution in [0.25, 0.3) is 0 Å². The molecular weight excluding hydrogens is 178 g/mol. The molecule has 1 aliphatic rings. The fourth-order valence-electron chi connectivity index (χ4n) is 1.67. The largest absolute Gasteiger partial charge is 0.384 e. The van der Waals surface area contributed by atoms with Gasteiger partial charge in [0.05, 0.1) is 0 Å². The molecule has 1 aromatic heterocycles. The van der Waals surface area contributed by atoms with Crippen molar-refractivity contribution >= 4 is 17.0 Å². The van der Waals surface area contributed by atoms with Gasteiger partial charge >= 0.3 is 0 Å². The average molecular weight is 193 g/mol. The summed E-state index contributed by atoms with van der Waals surface area (Å²) in [7, 11) is 0. The first-order valence-electron chi connectivity index (χ1n) is 4.86. The maximum absolute atomic E-state index is 3.47. The second-order valence-corrected chi connectivity index (χ2v) is 4.32. The molecule has 70 valence electrons. The van der Waals surface area contributed by atoms with Gasteiger partial charge < -0.3 is 5.32 Å². The lowest BCUT2D eigenvalue weighted by Gasteiger charge is -2.18. The first-order chi connectivity index (χ1) is 6.45. The Hall–Kier alpha value is -0.760. The SMILES string of the molecule is C1=CCC(CNc2ccsc2)CC1. The quantitative estimate of drug-likeness (QED) is 0.724. The number of anilines is 1. The van der Waals surface area contributed by atoms with E-state index in [2.05, 4.69) is 34.3 Å². The van der Waals surface area contributed by atoms with Crippen LogP contribution < -0.4 is 5.32 Å². The van der Waals surface area contributed by atoms with Gasteiger partial charge in [-0.05, 0) is 36.6 Å². The van der Waals surface area contributed by atoms with Crippen molar-refractivity contribution in [2.24, 2.45) is 5.92 Å². The number of hydrogen-bond acceptors (Lipinski definition) is 2. The lowest BCUT2D eigenvalue weighted by molar-refractivity contribution is 0.504. The van der Waals surface area contributed by atoms with Crippen molar-refractivity contribution in [2.45, 2.75) is 19.3 Å². The van der Waals surface area contributed by atoms with Crippen molar-refractivity contribution in [3.8, 4) is 0 Å². The van der Waals surface area contributed by atoms with Gasteiger partial charge in [0.1, 0.15) is 0 Å². The maximum atomic E-state index is 3.47. The van der Waals surface area contributed by atoms with Crippen molar-refractivity contribution in [3.63, 3.8) is 0 Å². The molecule has 1 nitrogen and oxygen atoms in total. The fourth-order valence-corrected chi connectivity index (χ4v) is 2.28. The van der Waals surface area contributed by atoms with E-state index in [1.165, 1.54) is 24.9 Å². The van der Waals surface area contributed by atoms with Crippen LogP contribution in [0.1, 0.15) is 19.3 Å². The number of nitrogens with one attached hydrogen (secondary N) is 1. The molecule has 2 rings (SSSR count). The summed E-state index contributed by atoms with van der Waals surface area (Å²) in [6.07, 6.45) is 8.45. The van der Waals surface area contributed by atoms with E-state index in [9.17, 15) is 0 Å². The Bertz CT molecular complexity index is 264. The molecule has 1 N–H and O–H groups in total. The molecule has 0 aromatic carbocycles. The third kappa shape index (κ3) is 2.59. The zero-order valence-corrected chi connectivity index (χ0v) is 8.52. The van der Waals surface area contributed by atoms with Crippen molar-refractivity contribution in [3.05, 3.63) is 29.0 Å². The summed E-state index contributed by atoms with van der Waals surface area (Å²) in [5.74, 6) is 0.838. The Morgan fingerprint density at radius 2 is 2.46 bits per heavy atom. The molecule has 1 unspecified atom stereocenters. The van der Waals surface area contributed by atoms with Crippen LogP contribution in [0.3, 0.4) is 0 Å². The molecule has 0 spiro atoms. The lowest BCUT2D eigenvalue weighted by Crippen LogP contribution is -2.14. The molecule has 0 bridgehead atoms. The molecule has 0 amide bonds. The highest BCUT2D eigenvalue weighted by molar-refractivity contribution is 7.08. The first-order valence-corrected chi connectivity index (χ1v) is 5.80. The summed E-state index contributed by atoms with van der Waals surface area (Å²) in [4.78, 5) is 0. The van der Waals surface area contributed by atoms with E-state index in [0.717, 1.165) is 12.5 Å². The predicted molar refractivity (Wildman–Crippen MR) is 59.3 cm³/mol. The van der Waals surface area contributed by atoms with Crippen molar-refractivity contribution in [1.82, 2.24) is 0 Å². The predicted octanol–water partition coefficient (Wildman–Crippen LogP) is 3.52. The van der Waals surface area contributed by atoms with Gasteiger partial charge in [0, 0.05) is 17.6 Å². The van der Waals surface area contributed by atoms with Gasteiger partial charge in [-0.2, -0.15) is 11.3 Å². The van der Waals surface area contributed by atoms with E-state index in [4.69, 9.17) is 0 Å². The van der Waals surface area contributed by atoms with Gasteiger partial charge in [0.25, 0.3) is 0 Å². The third-order valence-electron chi connectivity index (χ3n) is 2.49. The number of allylic oxidation sites excluding steroid dienone is 2. The standard InChI is InChI=1S/C11H15NS/c1-2-4-10(5-3-1)8-12-11-6-7-13-9-11/h1-2,6-7,9-10,12H,3-5,8H2. The molecule has 0 aliphatic heterocycles. The summed E-state index contributed by atoms with van der Waals surface area (Å²) in [6.45, 7) is 1.13. The van der Waals surface area contributed by atoms with Gasteiger partial charge in [0.2, 0.25) is 0 Å². The molecule has 1 atom stereocenters. The van der Waals surface area contributed by atoms with Crippen molar-refractivity contribution in [2.75, 3.05) is 11.9 Å². The van der Waals surface area contributed by atoms with E-state index in [1.54, 1.807) is 11.3 Å².